The Balaban J connectivity index is 1.85. The first-order chi connectivity index (χ1) is 20.4. The number of carbonyl (C=O) groups is 4. The van der Waals surface area contributed by atoms with Crippen LogP contribution in [0.25, 0.3) is 10.9 Å². The fourth-order valence-electron chi connectivity index (χ4n) is 4.80. The number of aromatic amines is 1. The summed E-state index contributed by atoms with van der Waals surface area (Å²) in [6.45, 7) is 7.48. The van der Waals surface area contributed by atoms with Crippen LogP contribution < -0.4 is 21.7 Å². The molecule has 43 heavy (non-hydrogen) atoms. The number of para-hydroxylation sites is 1. The van der Waals surface area contributed by atoms with Crippen molar-refractivity contribution in [2.24, 2.45) is 17.6 Å². The van der Waals surface area contributed by atoms with E-state index in [2.05, 4.69) is 20.9 Å². The van der Waals surface area contributed by atoms with E-state index < -0.39 is 47.9 Å². The highest BCUT2D eigenvalue weighted by Crippen LogP contribution is 2.20. The molecule has 232 valence electrons. The Hall–Kier alpha value is -4.38. The number of phenols is 1. The van der Waals surface area contributed by atoms with Crippen molar-refractivity contribution >= 4 is 34.6 Å². The molecule has 6 unspecified atom stereocenters. The van der Waals surface area contributed by atoms with Crippen LogP contribution in [-0.4, -0.2) is 63.1 Å². The summed E-state index contributed by atoms with van der Waals surface area (Å²) in [5.41, 5.74) is 8.31. The van der Waals surface area contributed by atoms with Crippen molar-refractivity contribution in [2.75, 3.05) is 0 Å². The van der Waals surface area contributed by atoms with Gasteiger partial charge in [-0.1, -0.05) is 70.9 Å². The smallest absolute Gasteiger partial charge is 0.326 e. The highest BCUT2D eigenvalue weighted by Gasteiger charge is 2.33. The van der Waals surface area contributed by atoms with Crippen LogP contribution in [-0.2, 0) is 32.0 Å². The van der Waals surface area contributed by atoms with Gasteiger partial charge in [-0.3, -0.25) is 14.4 Å². The lowest BCUT2D eigenvalue weighted by Gasteiger charge is -2.29. The first-order valence-electron chi connectivity index (χ1n) is 14.7. The van der Waals surface area contributed by atoms with E-state index in [1.165, 1.54) is 12.1 Å². The van der Waals surface area contributed by atoms with Crippen molar-refractivity contribution in [1.29, 1.82) is 0 Å². The second kappa shape index (κ2) is 15.2. The number of nitrogens with one attached hydrogen (secondary N) is 4. The summed E-state index contributed by atoms with van der Waals surface area (Å²) in [7, 11) is 0. The molecule has 6 atom stereocenters. The van der Waals surface area contributed by atoms with E-state index in [0.717, 1.165) is 16.5 Å². The van der Waals surface area contributed by atoms with Gasteiger partial charge in [0.1, 0.15) is 23.9 Å². The van der Waals surface area contributed by atoms with E-state index in [1.54, 1.807) is 18.3 Å². The van der Waals surface area contributed by atoms with E-state index in [-0.39, 0.29) is 30.4 Å². The first-order valence-corrected chi connectivity index (χ1v) is 14.7. The quantitative estimate of drug-likeness (QED) is 0.141. The molecule has 2 aromatic carbocycles. The predicted molar refractivity (Wildman–Crippen MR) is 164 cm³/mol. The predicted octanol–water partition coefficient (Wildman–Crippen LogP) is 2.62. The van der Waals surface area contributed by atoms with Crippen LogP contribution in [0.5, 0.6) is 5.75 Å². The summed E-state index contributed by atoms with van der Waals surface area (Å²) in [5.74, 6) is -3.30. The third kappa shape index (κ3) is 8.81. The number of phenolic OH excluding ortho intramolecular Hbond substituents is 1. The van der Waals surface area contributed by atoms with Crippen LogP contribution in [0.1, 0.15) is 51.7 Å². The second-order valence-corrected chi connectivity index (χ2v) is 11.2. The number of carboxylic acid groups (broad SMARTS) is 1. The Kier molecular flexibility index (Phi) is 11.7. The van der Waals surface area contributed by atoms with Gasteiger partial charge in [-0.15, -0.1) is 0 Å². The molecule has 8 N–H and O–H groups in total. The molecule has 0 saturated carbocycles. The number of benzene rings is 2. The van der Waals surface area contributed by atoms with Crippen LogP contribution in [0.4, 0.5) is 0 Å². The fraction of sp³-hybridized carbons (Fsp3) is 0.438. The highest BCUT2D eigenvalue weighted by molar-refractivity contribution is 5.94. The number of fused-ring (bicyclic) bond motifs is 1. The van der Waals surface area contributed by atoms with E-state index in [1.807, 2.05) is 52.0 Å². The van der Waals surface area contributed by atoms with Crippen LogP contribution in [0.3, 0.4) is 0 Å². The third-order valence-electron chi connectivity index (χ3n) is 8.08. The van der Waals surface area contributed by atoms with Gasteiger partial charge in [0.15, 0.2) is 0 Å². The SMILES string of the molecule is CCC(C)C(N)C(=O)NC(C(=O)NC(Cc1ccc(O)cc1)C(=O)NC(Cc1c[nH]c2ccccc12)C(=O)O)C(C)CC. The molecule has 0 aliphatic rings. The molecule has 0 saturated heterocycles. The van der Waals surface area contributed by atoms with Gasteiger partial charge >= 0.3 is 5.97 Å². The molecule has 11 heteroatoms. The minimum Gasteiger partial charge on any atom is -0.508 e. The topological polar surface area (TPSA) is 187 Å². The largest absolute Gasteiger partial charge is 0.508 e. The minimum atomic E-state index is -1.27. The van der Waals surface area contributed by atoms with Gasteiger partial charge in [0.2, 0.25) is 17.7 Å². The molecular formula is C32H43N5O6. The number of amides is 3. The number of nitrogens with two attached hydrogens (primary N) is 1. The Labute approximate surface area is 251 Å². The summed E-state index contributed by atoms with van der Waals surface area (Å²) in [6, 6.07) is 9.38. The molecule has 0 fully saturated rings. The molecule has 1 aromatic heterocycles. The third-order valence-corrected chi connectivity index (χ3v) is 8.08. The summed E-state index contributed by atoms with van der Waals surface area (Å²) >= 11 is 0. The molecule has 3 aromatic rings. The molecule has 0 aliphatic carbocycles. The zero-order valence-electron chi connectivity index (χ0n) is 25.1. The van der Waals surface area contributed by atoms with Crippen LogP contribution >= 0.6 is 0 Å². The van der Waals surface area contributed by atoms with Gasteiger partial charge in [-0.25, -0.2) is 4.79 Å². The van der Waals surface area contributed by atoms with Crippen molar-refractivity contribution in [3.8, 4) is 5.75 Å². The highest BCUT2D eigenvalue weighted by atomic mass is 16.4. The number of aromatic nitrogens is 1. The monoisotopic (exact) mass is 593 g/mol. The number of rotatable bonds is 15. The van der Waals surface area contributed by atoms with Crippen LogP contribution in [0, 0.1) is 11.8 Å². The molecule has 0 radical (unpaired) electrons. The molecule has 0 aliphatic heterocycles. The Morgan fingerprint density at radius 2 is 1.44 bits per heavy atom. The van der Waals surface area contributed by atoms with E-state index in [4.69, 9.17) is 5.73 Å². The molecule has 1 heterocycles. The Morgan fingerprint density at radius 1 is 0.814 bits per heavy atom. The van der Waals surface area contributed by atoms with E-state index >= 15 is 0 Å². The van der Waals surface area contributed by atoms with Gasteiger partial charge < -0.3 is 36.9 Å². The molecule has 0 bridgehead atoms. The Morgan fingerprint density at radius 3 is 2.07 bits per heavy atom. The number of aliphatic carboxylic acids is 1. The van der Waals surface area contributed by atoms with Gasteiger partial charge in [0.05, 0.1) is 6.04 Å². The van der Waals surface area contributed by atoms with Crippen LogP contribution in [0.15, 0.2) is 54.7 Å². The number of hydrogen-bond donors (Lipinski definition) is 7. The molecule has 3 amide bonds. The van der Waals surface area contributed by atoms with Gasteiger partial charge in [0, 0.05) is 29.9 Å². The second-order valence-electron chi connectivity index (χ2n) is 11.2. The zero-order chi connectivity index (χ0) is 31.7. The Bertz CT molecular complexity index is 1400. The number of carboxylic acids is 1. The maximum atomic E-state index is 13.6. The summed E-state index contributed by atoms with van der Waals surface area (Å²) in [5, 5.41) is 28.6. The minimum absolute atomic E-state index is 0.0179. The molecular weight excluding hydrogens is 550 g/mol. The van der Waals surface area contributed by atoms with Gasteiger partial charge in [-0.05, 0) is 41.2 Å². The number of carbonyl (C=O) groups excluding carboxylic acids is 3. The molecule has 0 spiro atoms. The van der Waals surface area contributed by atoms with Crippen molar-refractivity contribution in [3.05, 3.63) is 65.9 Å². The van der Waals surface area contributed by atoms with Gasteiger partial charge in [-0.2, -0.15) is 0 Å². The van der Waals surface area contributed by atoms with Crippen molar-refractivity contribution < 1.29 is 29.4 Å². The van der Waals surface area contributed by atoms with E-state index in [9.17, 15) is 29.4 Å². The van der Waals surface area contributed by atoms with E-state index in [0.29, 0.717) is 18.4 Å². The zero-order valence-corrected chi connectivity index (χ0v) is 25.1. The lowest BCUT2D eigenvalue weighted by atomic mass is 9.95. The number of aromatic hydroxyl groups is 1. The summed E-state index contributed by atoms with van der Waals surface area (Å²) in [6.07, 6.45) is 3.01. The average Bonchev–Trinajstić information content (AvgIpc) is 3.41. The molecule has 3 rings (SSSR count). The average molecular weight is 594 g/mol. The number of H-pyrrole nitrogens is 1. The standard InChI is InChI=1S/C32H43N5O6/c1-5-18(3)27(33)30(40)37-28(19(4)6-2)31(41)35-25(15-20-11-13-22(38)14-12-20)29(39)36-26(32(42)43)16-21-17-34-24-10-8-7-9-23(21)24/h7-14,17-19,25-28,34,38H,5-6,15-16,33H2,1-4H3,(H,35,41)(H,36,39)(H,37,40)(H,42,43). The lowest BCUT2D eigenvalue weighted by Crippen LogP contribution is -2.59. The summed E-state index contributed by atoms with van der Waals surface area (Å²) in [4.78, 5) is 55.5. The first kappa shape index (κ1) is 33.1. The lowest BCUT2D eigenvalue weighted by molar-refractivity contribution is -0.142. The fourth-order valence-corrected chi connectivity index (χ4v) is 4.80. The number of hydrogen-bond acceptors (Lipinski definition) is 6. The van der Waals surface area contributed by atoms with Gasteiger partial charge in [0.25, 0.3) is 0 Å². The maximum Gasteiger partial charge on any atom is 0.326 e. The molecule has 11 nitrogen and oxygen atoms in total. The van der Waals surface area contributed by atoms with Crippen molar-refractivity contribution in [2.45, 2.75) is 77.5 Å². The van der Waals surface area contributed by atoms with Crippen LogP contribution in [0.2, 0.25) is 0 Å². The maximum absolute atomic E-state index is 13.6. The normalized spacial score (nSPS) is 15.5. The van der Waals surface area contributed by atoms with Crippen molar-refractivity contribution in [3.63, 3.8) is 0 Å². The summed E-state index contributed by atoms with van der Waals surface area (Å²) < 4.78 is 0. The van der Waals surface area contributed by atoms with Crippen molar-refractivity contribution in [1.82, 2.24) is 20.9 Å².